The third-order valence-corrected chi connectivity index (χ3v) is 5.24. The fraction of sp³-hybridized carbons (Fsp3) is 0.211. The van der Waals surface area contributed by atoms with Gasteiger partial charge in [0.15, 0.2) is 5.60 Å². The van der Waals surface area contributed by atoms with E-state index in [2.05, 4.69) is 0 Å². The zero-order valence-corrected chi connectivity index (χ0v) is 15.1. The minimum atomic E-state index is -3.80. The normalized spacial score (nSPS) is 16.9. The van der Waals surface area contributed by atoms with Crippen molar-refractivity contribution in [3.05, 3.63) is 65.2 Å². The van der Waals surface area contributed by atoms with Crippen molar-refractivity contribution in [3.63, 3.8) is 0 Å². The molecule has 0 saturated carbocycles. The molecule has 2 N–H and O–H groups in total. The van der Waals surface area contributed by atoms with E-state index in [1.807, 2.05) is 30.3 Å². The van der Waals surface area contributed by atoms with Crippen LogP contribution < -0.4 is 5.14 Å². The van der Waals surface area contributed by atoms with Crippen LogP contribution in [0.5, 0.6) is 0 Å². The first kappa shape index (κ1) is 17.4. The van der Waals surface area contributed by atoms with Gasteiger partial charge in [-0.25, -0.2) is 13.6 Å². The van der Waals surface area contributed by atoms with Gasteiger partial charge in [0.1, 0.15) is 5.76 Å². The Labute approximate surface area is 147 Å². The summed E-state index contributed by atoms with van der Waals surface area (Å²) in [7, 11) is -3.80. The summed E-state index contributed by atoms with van der Waals surface area (Å²) in [6.07, 6.45) is 0. The first-order valence-corrected chi connectivity index (χ1v) is 9.33. The fourth-order valence-electron chi connectivity index (χ4n) is 2.94. The Balaban J connectivity index is 2.21. The van der Waals surface area contributed by atoms with Crippen molar-refractivity contribution < 1.29 is 17.9 Å². The van der Waals surface area contributed by atoms with Crippen LogP contribution in [0.4, 0.5) is 0 Å². The lowest BCUT2D eigenvalue weighted by atomic mass is 9.92. The molecule has 0 unspecified atom stereocenters. The van der Waals surface area contributed by atoms with Gasteiger partial charge in [-0.3, -0.25) is 4.79 Å². The molecule has 5 nitrogen and oxygen atoms in total. The highest BCUT2D eigenvalue weighted by molar-refractivity contribution is 7.89. The summed E-state index contributed by atoms with van der Waals surface area (Å²) in [5.41, 5.74) is 1.42. The molecular formula is C19H19NO4S. The summed E-state index contributed by atoms with van der Waals surface area (Å²) >= 11 is 0. The maximum atomic E-state index is 12.8. The fourth-order valence-corrected chi connectivity index (χ4v) is 3.70. The number of hydrogen-bond donors (Lipinski definition) is 1. The van der Waals surface area contributed by atoms with Crippen LogP contribution in [0.2, 0.25) is 0 Å². The van der Waals surface area contributed by atoms with Crippen molar-refractivity contribution >= 4 is 27.1 Å². The van der Waals surface area contributed by atoms with Crippen LogP contribution in [0.25, 0.3) is 11.3 Å². The Kier molecular flexibility index (Phi) is 4.05. The molecule has 25 heavy (non-hydrogen) atoms. The zero-order chi connectivity index (χ0) is 18.4. The molecule has 2 aromatic carbocycles. The Morgan fingerprint density at radius 3 is 2.20 bits per heavy atom. The van der Waals surface area contributed by atoms with Gasteiger partial charge in [-0.2, -0.15) is 0 Å². The SMILES string of the molecule is Cc1cc(C2=C(c3ccccc3)C(=O)C(C)(C)O2)ccc1S(N)(=O)=O. The Morgan fingerprint density at radius 1 is 1.00 bits per heavy atom. The predicted molar refractivity (Wildman–Crippen MR) is 96.0 cm³/mol. The molecule has 0 spiro atoms. The third-order valence-electron chi connectivity index (χ3n) is 4.16. The highest BCUT2D eigenvalue weighted by Gasteiger charge is 2.42. The van der Waals surface area contributed by atoms with Crippen molar-refractivity contribution in [3.8, 4) is 0 Å². The summed E-state index contributed by atoms with van der Waals surface area (Å²) < 4.78 is 29.2. The number of Topliss-reactive ketones (excluding diaryl/α,β-unsaturated/α-hetero) is 1. The van der Waals surface area contributed by atoms with Gasteiger partial charge in [0.05, 0.1) is 10.5 Å². The quantitative estimate of drug-likeness (QED) is 0.915. The Bertz CT molecular complexity index is 989. The van der Waals surface area contributed by atoms with Crippen LogP contribution in [-0.4, -0.2) is 19.8 Å². The highest BCUT2D eigenvalue weighted by atomic mass is 32.2. The number of rotatable bonds is 3. The smallest absolute Gasteiger partial charge is 0.238 e. The van der Waals surface area contributed by atoms with E-state index in [0.717, 1.165) is 5.56 Å². The van der Waals surface area contributed by atoms with Gasteiger partial charge < -0.3 is 4.74 Å². The number of hydrogen-bond acceptors (Lipinski definition) is 4. The second-order valence-electron chi connectivity index (χ2n) is 6.54. The van der Waals surface area contributed by atoms with E-state index in [1.54, 1.807) is 32.9 Å². The molecule has 130 valence electrons. The molecule has 0 aliphatic carbocycles. The zero-order valence-electron chi connectivity index (χ0n) is 14.2. The molecule has 1 aliphatic heterocycles. The average molecular weight is 357 g/mol. The molecule has 3 rings (SSSR count). The largest absolute Gasteiger partial charge is 0.478 e. The second-order valence-corrected chi connectivity index (χ2v) is 8.07. The molecule has 0 atom stereocenters. The minimum absolute atomic E-state index is 0.0571. The lowest BCUT2D eigenvalue weighted by molar-refractivity contribution is -0.125. The van der Waals surface area contributed by atoms with E-state index < -0.39 is 15.6 Å². The van der Waals surface area contributed by atoms with E-state index in [0.29, 0.717) is 22.5 Å². The molecule has 0 radical (unpaired) electrons. The molecule has 6 heteroatoms. The summed E-state index contributed by atoms with van der Waals surface area (Å²) in [6.45, 7) is 5.10. The van der Waals surface area contributed by atoms with Gasteiger partial charge >= 0.3 is 0 Å². The third kappa shape index (κ3) is 3.10. The van der Waals surface area contributed by atoms with E-state index in [4.69, 9.17) is 9.88 Å². The minimum Gasteiger partial charge on any atom is -0.478 e. The van der Waals surface area contributed by atoms with Crippen molar-refractivity contribution in [1.82, 2.24) is 0 Å². The van der Waals surface area contributed by atoms with Crippen LogP contribution >= 0.6 is 0 Å². The predicted octanol–water partition coefficient (Wildman–Crippen LogP) is 2.89. The van der Waals surface area contributed by atoms with Gasteiger partial charge in [-0.05, 0) is 50.1 Å². The number of sulfonamides is 1. The molecule has 1 aliphatic rings. The first-order chi connectivity index (χ1) is 11.6. The number of carbonyl (C=O) groups excluding carboxylic acids is 1. The number of primary sulfonamides is 1. The van der Waals surface area contributed by atoms with Gasteiger partial charge in [-0.1, -0.05) is 30.3 Å². The molecule has 0 saturated heterocycles. The van der Waals surface area contributed by atoms with E-state index >= 15 is 0 Å². The lowest BCUT2D eigenvalue weighted by Gasteiger charge is -2.18. The highest BCUT2D eigenvalue weighted by Crippen LogP contribution is 2.41. The molecule has 1 heterocycles. The maximum absolute atomic E-state index is 12.8. The van der Waals surface area contributed by atoms with Crippen LogP contribution in [0.3, 0.4) is 0 Å². The number of carbonyl (C=O) groups is 1. The molecule has 0 aromatic heterocycles. The van der Waals surface area contributed by atoms with Gasteiger partial charge in [0.25, 0.3) is 0 Å². The lowest BCUT2D eigenvalue weighted by Crippen LogP contribution is -2.29. The molecule has 0 fully saturated rings. The average Bonchev–Trinajstić information content (AvgIpc) is 2.77. The number of benzene rings is 2. The van der Waals surface area contributed by atoms with Gasteiger partial charge in [0.2, 0.25) is 15.8 Å². The standard InChI is InChI=1S/C19H19NO4S/c1-12-11-14(9-10-15(12)25(20,22)23)17-16(13-7-5-4-6-8-13)18(21)19(2,3)24-17/h4-11H,1-3H3,(H2,20,22,23). The summed E-state index contributed by atoms with van der Waals surface area (Å²) in [5, 5.41) is 5.22. The Hall–Kier alpha value is -2.44. The molecular weight excluding hydrogens is 338 g/mol. The monoisotopic (exact) mass is 357 g/mol. The Morgan fingerprint density at radius 2 is 1.64 bits per heavy atom. The van der Waals surface area contributed by atoms with E-state index in [1.165, 1.54) is 6.07 Å². The summed E-state index contributed by atoms with van der Waals surface area (Å²) in [5.74, 6) is 0.340. The van der Waals surface area contributed by atoms with Crippen LogP contribution in [0.15, 0.2) is 53.4 Å². The van der Waals surface area contributed by atoms with Gasteiger partial charge in [-0.15, -0.1) is 0 Å². The van der Waals surface area contributed by atoms with Gasteiger partial charge in [0, 0.05) is 5.56 Å². The topological polar surface area (TPSA) is 86.5 Å². The van der Waals surface area contributed by atoms with Crippen molar-refractivity contribution in [1.29, 1.82) is 0 Å². The number of ketones is 1. The second kappa shape index (κ2) is 5.82. The first-order valence-electron chi connectivity index (χ1n) is 7.78. The van der Waals surface area contributed by atoms with Crippen LogP contribution in [0, 0.1) is 6.92 Å². The molecule has 0 bridgehead atoms. The van der Waals surface area contributed by atoms with Crippen molar-refractivity contribution in [2.45, 2.75) is 31.3 Å². The molecule has 0 amide bonds. The van der Waals surface area contributed by atoms with E-state index in [9.17, 15) is 13.2 Å². The molecule has 2 aromatic rings. The number of aryl methyl sites for hydroxylation is 1. The summed E-state index contributed by atoms with van der Waals surface area (Å²) in [4.78, 5) is 12.9. The summed E-state index contributed by atoms with van der Waals surface area (Å²) in [6, 6.07) is 14.0. The maximum Gasteiger partial charge on any atom is 0.238 e. The van der Waals surface area contributed by atoms with Crippen LogP contribution in [0.1, 0.15) is 30.5 Å². The van der Waals surface area contributed by atoms with Crippen molar-refractivity contribution in [2.75, 3.05) is 0 Å². The number of nitrogens with two attached hydrogens (primary N) is 1. The van der Waals surface area contributed by atoms with E-state index in [-0.39, 0.29) is 10.7 Å². The number of ether oxygens (including phenoxy) is 1. The van der Waals surface area contributed by atoms with Crippen molar-refractivity contribution in [2.24, 2.45) is 5.14 Å². The van der Waals surface area contributed by atoms with Crippen LogP contribution in [-0.2, 0) is 19.6 Å².